The smallest absolute Gasteiger partial charge is 0.307 e. The molecule has 4 nitrogen and oxygen atoms in total. The van der Waals surface area contributed by atoms with Crippen LogP contribution in [-0.2, 0) is 9.53 Å². The summed E-state index contributed by atoms with van der Waals surface area (Å²) >= 11 is 0. The molecule has 0 aliphatic carbocycles. The van der Waals surface area contributed by atoms with Crippen LogP contribution in [0, 0.1) is 0 Å². The van der Waals surface area contributed by atoms with E-state index in [1.807, 2.05) is 53.2 Å². The van der Waals surface area contributed by atoms with E-state index in [-0.39, 0.29) is 18.4 Å². The number of nitrogens with two attached hydrogens (primary N) is 1. The van der Waals surface area contributed by atoms with E-state index in [0.29, 0.717) is 6.61 Å². The Kier molecular flexibility index (Phi) is 4.36. The summed E-state index contributed by atoms with van der Waals surface area (Å²) in [6.45, 7) is 2.17. The lowest BCUT2D eigenvalue weighted by molar-refractivity contribution is -0.143. The first-order chi connectivity index (χ1) is 9.22. The summed E-state index contributed by atoms with van der Waals surface area (Å²) in [4.78, 5) is 11.5. The van der Waals surface area contributed by atoms with Crippen molar-refractivity contribution in [2.75, 3.05) is 6.61 Å². The quantitative estimate of drug-likeness (QED) is 0.838. The largest absolute Gasteiger partial charge is 0.466 e. The third-order valence-electron chi connectivity index (χ3n) is 2.89. The molecule has 0 fully saturated rings. The lowest BCUT2D eigenvalue weighted by Crippen LogP contribution is -2.19. The molecule has 1 aromatic carbocycles. The molecule has 1 unspecified atom stereocenters. The molecule has 1 aromatic heterocycles. The van der Waals surface area contributed by atoms with Crippen molar-refractivity contribution in [3.05, 3.63) is 54.4 Å². The number of esters is 1. The molecule has 2 aromatic rings. The van der Waals surface area contributed by atoms with Gasteiger partial charge in [-0.3, -0.25) is 4.79 Å². The second kappa shape index (κ2) is 6.20. The highest BCUT2D eigenvalue weighted by molar-refractivity contribution is 5.70. The predicted octanol–water partition coefficient (Wildman–Crippen LogP) is 2.43. The molecular formula is C15H18N2O2. The van der Waals surface area contributed by atoms with Crippen molar-refractivity contribution in [3.8, 4) is 5.69 Å². The maximum atomic E-state index is 11.5. The van der Waals surface area contributed by atoms with Crippen LogP contribution in [0.25, 0.3) is 5.69 Å². The van der Waals surface area contributed by atoms with Gasteiger partial charge in [-0.1, -0.05) is 18.2 Å². The standard InChI is InChI=1S/C15H18N2O2/c1-2-19-15(18)11-13(16)14-9-6-10-17(14)12-7-4-3-5-8-12/h3-10,13H,2,11,16H2,1H3. The minimum Gasteiger partial charge on any atom is -0.466 e. The molecule has 19 heavy (non-hydrogen) atoms. The Morgan fingerprint density at radius 3 is 2.68 bits per heavy atom. The second-order valence-corrected chi connectivity index (χ2v) is 4.25. The summed E-state index contributed by atoms with van der Waals surface area (Å²) in [6.07, 6.45) is 2.13. The number of carbonyl (C=O) groups is 1. The predicted molar refractivity (Wildman–Crippen MR) is 73.9 cm³/mol. The van der Waals surface area contributed by atoms with Crippen LogP contribution in [0.1, 0.15) is 25.1 Å². The maximum absolute atomic E-state index is 11.5. The highest BCUT2D eigenvalue weighted by atomic mass is 16.5. The minimum atomic E-state index is -0.366. The Balaban J connectivity index is 2.18. The van der Waals surface area contributed by atoms with Crippen molar-refractivity contribution in [2.24, 2.45) is 5.73 Å². The minimum absolute atomic E-state index is 0.185. The number of carbonyl (C=O) groups excluding carboxylic acids is 1. The number of rotatable bonds is 5. The van der Waals surface area contributed by atoms with Gasteiger partial charge in [-0.2, -0.15) is 0 Å². The van der Waals surface area contributed by atoms with Crippen molar-refractivity contribution in [3.63, 3.8) is 0 Å². The van der Waals surface area contributed by atoms with Crippen LogP contribution < -0.4 is 5.73 Å². The number of benzene rings is 1. The number of hydrogen-bond donors (Lipinski definition) is 1. The van der Waals surface area contributed by atoms with Crippen LogP contribution in [0.5, 0.6) is 0 Å². The second-order valence-electron chi connectivity index (χ2n) is 4.25. The zero-order chi connectivity index (χ0) is 13.7. The average Bonchev–Trinajstić information content (AvgIpc) is 2.89. The average molecular weight is 258 g/mol. The summed E-state index contributed by atoms with van der Waals surface area (Å²) in [7, 11) is 0. The van der Waals surface area contributed by atoms with E-state index in [1.54, 1.807) is 6.92 Å². The fourth-order valence-corrected chi connectivity index (χ4v) is 2.02. The molecule has 0 aliphatic heterocycles. The monoisotopic (exact) mass is 258 g/mol. The molecule has 2 N–H and O–H groups in total. The van der Waals surface area contributed by atoms with Gasteiger partial charge in [0.1, 0.15) is 0 Å². The molecule has 1 heterocycles. The highest BCUT2D eigenvalue weighted by Crippen LogP contribution is 2.20. The molecule has 0 aliphatic rings. The molecule has 1 atom stereocenters. The van der Waals surface area contributed by atoms with Gasteiger partial charge in [0, 0.05) is 17.6 Å². The van der Waals surface area contributed by atoms with Crippen LogP contribution in [0.15, 0.2) is 48.7 Å². The van der Waals surface area contributed by atoms with Gasteiger partial charge in [-0.05, 0) is 31.2 Å². The van der Waals surface area contributed by atoms with E-state index in [9.17, 15) is 4.79 Å². The summed E-state index contributed by atoms with van der Waals surface area (Å²) < 4.78 is 6.92. The molecule has 2 rings (SSSR count). The summed E-state index contributed by atoms with van der Waals surface area (Å²) in [6, 6.07) is 13.4. The van der Waals surface area contributed by atoms with Crippen LogP contribution in [0.2, 0.25) is 0 Å². The Labute approximate surface area is 112 Å². The summed E-state index contributed by atoms with van der Waals surface area (Å²) in [5, 5.41) is 0. The third kappa shape index (κ3) is 3.23. The van der Waals surface area contributed by atoms with Crippen molar-refractivity contribution < 1.29 is 9.53 Å². The first-order valence-corrected chi connectivity index (χ1v) is 6.36. The lowest BCUT2D eigenvalue weighted by Gasteiger charge is -2.15. The zero-order valence-electron chi connectivity index (χ0n) is 11.0. The molecule has 0 saturated heterocycles. The van der Waals surface area contributed by atoms with Gasteiger partial charge in [0.2, 0.25) is 0 Å². The van der Waals surface area contributed by atoms with Gasteiger partial charge in [0.05, 0.1) is 19.1 Å². The molecule has 100 valence electrons. The fraction of sp³-hybridized carbons (Fsp3) is 0.267. The van der Waals surface area contributed by atoms with Crippen molar-refractivity contribution in [1.82, 2.24) is 4.57 Å². The molecule has 0 saturated carbocycles. The van der Waals surface area contributed by atoms with Gasteiger partial charge in [-0.15, -0.1) is 0 Å². The topological polar surface area (TPSA) is 57.2 Å². The molecule has 0 bridgehead atoms. The summed E-state index contributed by atoms with van der Waals surface area (Å²) in [5.41, 5.74) is 8.02. The van der Waals surface area contributed by atoms with Crippen LogP contribution in [0.4, 0.5) is 0 Å². The number of ether oxygens (including phenoxy) is 1. The molecule has 4 heteroatoms. The fourth-order valence-electron chi connectivity index (χ4n) is 2.02. The molecule has 0 spiro atoms. The van der Waals surface area contributed by atoms with E-state index in [1.165, 1.54) is 0 Å². The maximum Gasteiger partial charge on any atom is 0.307 e. The van der Waals surface area contributed by atoms with E-state index < -0.39 is 0 Å². The van der Waals surface area contributed by atoms with Gasteiger partial charge in [-0.25, -0.2) is 0 Å². The number of aromatic nitrogens is 1. The van der Waals surface area contributed by atoms with E-state index in [2.05, 4.69) is 0 Å². The normalized spacial score (nSPS) is 12.1. The first-order valence-electron chi connectivity index (χ1n) is 6.36. The summed E-state index contributed by atoms with van der Waals surface area (Å²) in [5.74, 6) is -0.268. The lowest BCUT2D eigenvalue weighted by atomic mass is 10.1. The van der Waals surface area contributed by atoms with Crippen LogP contribution >= 0.6 is 0 Å². The van der Waals surface area contributed by atoms with E-state index in [0.717, 1.165) is 11.4 Å². The van der Waals surface area contributed by atoms with Crippen molar-refractivity contribution in [1.29, 1.82) is 0 Å². The van der Waals surface area contributed by atoms with E-state index in [4.69, 9.17) is 10.5 Å². The Bertz CT molecular complexity index is 534. The van der Waals surface area contributed by atoms with Crippen molar-refractivity contribution in [2.45, 2.75) is 19.4 Å². The number of para-hydroxylation sites is 1. The highest BCUT2D eigenvalue weighted by Gasteiger charge is 2.16. The van der Waals surface area contributed by atoms with E-state index >= 15 is 0 Å². The van der Waals surface area contributed by atoms with Crippen LogP contribution in [0.3, 0.4) is 0 Å². The molecular weight excluding hydrogens is 240 g/mol. The Morgan fingerprint density at radius 2 is 2.00 bits per heavy atom. The van der Waals surface area contributed by atoms with Gasteiger partial charge in [0.15, 0.2) is 0 Å². The van der Waals surface area contributed by atoms with Gasteiger partial charge < -0.3 is 15.0 Å². The van der Waals surface area contributed by atoms with Crippen molar-refractivity contribution >= 4 is 5.97 Å². The third-order valence-corrected chi connectivity index (χ3v) is 2.89. The van der Waals surface area contributed by atoms with Crippen LogP contribution in [-0.4, -0.2) is 17.1 Å². The van der Waals surface area contributed by atoms with Gasteiger partial charge in [0.25, 0.3) is 0 Å². The Hall–Kier alpha value is -2.07. The number of hydrogen-bond acceptors (Lipinski definition) is 3. The Morgan fingerprint density at radius 1 is 1.26 bits per heavy atom. The first kappa shape index (κ1) is 13.4. The molecule has 0 radical (unpaired) electrons. The SMILES string of the molecule is CCOC(=O)CC(N)c1cccn1-c1ccccc1. The van der Waals surface area contributed by atoms with Gasteiger partial charge >= 0.3 is 5.97 Å². The number of nitrogens with zero attached hydrogens (tertiary/aromatic N) is 1. The molecule has 0 amide bonds. The zero-order valence-corrected chi connectivity index (χ0v) is 11.0.